The molecule has 4 rings (SSSR count). The maximum absolute atomic E-state index is 12.4. The lowest BCUT2D eigenvalue weighted by molar-refractivity contribution is -0.113. The van der Waals surface area contributed by atoms with Crippen molar-refractivity contribution in [3.8, 4) is 5.75 Å². The molecule has 2 heterocycles. The average molecular weight is 464 g/mol. The topological polar surface area (TPSA) is 70.6 Å². The Hall–Kier alpha value is -3.26. The summed E-state index contributed by atoms with van der Waals surface area (Å²) in [6.07, 6.45) is 1.58. The highest BCUT2D eigenvalue weighted by Crippen LogP contribution is 2.24. The van der Waals surface area contributed by atoms with Crippen LogP contribution in [0.1, 0.15) is 11.1 Å². The average Bonchev–Trinajstić information content (AvgIpc) is 2.85. The summed E-state index contributed by atoms with van der Waals surface area (Å²) in [6.45, 7) is 7.62. The molecule has 1 N–H and O–H groups in total. The van der Waals surface area contributed by atoms with Crippen LogP contribution in [0.25, 0.3) is 0 Å². The number of carbonyl (C=O) groups is 1. The lowest BCUT2D eigenvalue weighted by Gasteiger charge is -2.36. The van der Waals surface area contributed by atoms with Crippen molar-refractivity contribution in [2.24, 2.45) is 0 Å². The highest BCUT2D eigenvalue weighted by Gasteiger charge is 2.19. The maximum atomic E-state index is 12.4. The van der Waals surface area contributed by atoms with Crippen LogP contribution in [-0.4, -0.2) is 54.9 Å². The molecule has 1 saturated heterocycles. The number of amides is 1. The lowest BCUT2D eigenvalue weighted by Crippen LogP contribution is -2.46. The zero-order valence-electron chi connectivity index (χ0n) is 19.2. The Kier molecular flexibility index (Phi) is 7.34. The number of piperazine rings is 1. The summed E-state index contributed by atoms with van der Waals surface area (Å²) in [7, 11) is 1.68. The second-order valence-electron chi connectivity index (χ2n) is 8.04. The third kappa shape index (κ3) is 5.96. The Labute approximate surface area is 199 Å². The maximum Gasteiger partial charge on any atom is 0.234 e. The van der Waals surface area contributed by atoms with Gasteiger partial charge in [0.05, 0.1) is 12.9 Å². The summed E-state index contributed by atoms with van der Waals surface area (Å²) < 4.78 is 5.25. The van der Waals surface area contributed by atoms with Gasteiger partial charge in [-0.05, 0) is 49.7 Å². The van der Waals surface area contributed by atoms with Crippen molar-refractivity contribution >= 4 is 34.9 Å². The number of ether oxygens (including phenoxy) is 1. The fraction of sp³-hybridized carbons (Fsp3) is 0.320. The molecule has 1 amide bonds. The van der Waals surface area contributed by atoms with Crippen LogP contribution in [0.15, 0.2) is 59.9 Å². The summed E-state index contributed by atoms with van der Waals surface area (Å²) in [5.74, 6) is 2.03. The van der Waals surface area contributed by atoms with Crippen molar-refractivity contribution in [3.63, 3.8) is 0 Å². The molecule has 172 valence electrons. The van der Waals surface area contributed by atoms with E-state index in [-0.39, 0.29) is 5.91 Å². The second kappa shape index (κ2) is 10.6. The zero-order chi connectivity index (χ0) is 23.2. The zero-order valence-corrected chi connectivity index (χ0v) is 20.1. The van der Waals surface area contributed by atoms with Crippen molar-refractivity contribution in [2.45, 2.75) is 18.9 Å². The SMILES string of the molecule is COc1ccc(N2CCN(c3cc(SCC(=O)Nc4ccc(C)cc4C)ncn3)CC2)cc1. The number of aromatic nitrogens is 2. The molecule has 7 nitrogen and oxygen atoms in total. The number of nitrogens with zero attached hydrogens (tertiary/aromatic N) is 4. The number of hydrogen-bond donors (Lipinski definition) is 1. The molecular weight excluding hydrogens is 434 g/mol. The highest BCUT2D eigenvalue weighted by molar-refractivity contribution is 7.99. The monoisotopic (exact) mass is 463 g/mol. The van der Waals surface area contributed by atoms with Crippen LogP contribution in [0, 0.1) is 13.8 Å². The molecule has 0 aliphatic carbocycles. The van der Waals surface area contributed by atoms with Gasteiger partial charge in [-0.3, -0.25) is 4.79 Å². The first-order valence-electron chi connectivity index (χ1n) is 11.0. The summed E-state index contributed by atoms with van der Waals surface area (Å²) in [5.41, 5.74) is 4.29. The van der Waals surface area contributed by atoms with Crippen LogP contribution in [0.4, 0.5) is 17.2 Å². The number of nitrogens with one attached hydrogen (secondary N) is 1. The van der Waals surface area contributed by atoms with Crippen LogP contribution in [0.3, 0.4) is 0 Å². The molecular formula is C25H29N5O2S. The first kappa shape index (κ1) is 22.9. The predicted octanol–water partition coefficient (Wildman–Crippen LogP) is 4.16. The van der Waals surface area contributed by atoms with Gasteiger partial charge in [-0.25, -0.2) is 9.97 Å². The van der Waals surface area contributed by atoms with E-state index < -0.39 is 0 Å². The summed E-state index contributed by atoms with van der Waals surface area (Å²) >= 11 is 1.42. The number of benzene rings is 2. The molecule has 8 heteroatoms. The van der Waals surface area contributed by atoms with E-state index in [4.69, 9.17) is 4.74 Å². The molecule has 1 fully saturated rings. The Morgan fingerprint density at radius 3 is 2.42 bits per heavy atom. The van der Waals surface area contributed by atoms with Gasteiger partial charge in [-0.1, -0.05) is 29.5 Å². The van der Waals surface area contributed by atoms with Crippen LogP contribution in [0.5, 0.6) is 5.75 Å². The standard InChI is InChI=1S/C25H29N5O2S/c1-18-4-9-22(19(2)14-18)28-24(31)16-33-25-15-23(26-17-27-25)30-12-10-29(11-13-30)20-5-7-21(32-3)8-6-20/h4-9,14-15,17H,10-13,16H2,1-3H3,(H,28,31). The molecule has 1 aliphatic heterocycles. The van der Waals surface area contributed by atoms with Crippen molar-refractivity contribution in [2.75, 3.05) is 54.2 Å². The summed E-state index contributed by atoms with van der Waals surface area (Å²) in [4.78, 5) is 25.9. The van der Waals surface area contributed by atoms with Gasteiger partial charge in [-0.15, -0.1) is 0 Å². The number of aryl methyl sites for hydroxylation is 2. The lowest BCUT2D eigenvalue weighted by atomic mass is 10.1. The first-order valence-corrected chi connectivity index (χ1v) is 12.0. The number of rotatable bonds is 7. The fourth-order valence-electron chi connectivity index (χ4n) is 3.85. The molecule has 0 bridgehead atoms. The first-order chi connectivity index (χ1) is 16.0. The molecule has 0 atom stereocenters. The van der Waals surface area contributed by atoms with Crippen LogP contribution >= 0.6 is 11.8 Å². The summed E-state index contributed by atoms with van der Waals surface area (Å²) in [5, 5.41) is 3.79. The minimum Gasteiger partial charge on any atom is -0.497 e. The van der Waals surface area contributed by atoms with Crippen molar-refractivity contribution in [1.82, 2.24) is 9.97 Å². The number of thioether (sulfide) groups is 1. The molecule has 3 aromatic rings. The Morgan fingerprint density at radius 2 is 1.73 bits per heavy atom. The van der Waals surface area contributed by atoms with Gasteiger partial charge in [0.25, 0.3) is 0 Å². The van der Waals surface area contributed by atoms with Crippen molar-refractivity contribution in [3.05, 3.63) is 66.0 Å². The van der Waals surface area contributed by atoms with E-state index in [1.165, 1.54) is 23.0 Å². The van der Waals surface area contributed by atoms with Crippen LogP contribution in [0.2, 0.25) is 0 Å². The Bertz CT molecular complexity index is 1100. The van der Waals surface area contributed by atoms with E-state index in [2.05, 4.69) is 43.3 Å². The molecule has 0 spiro atoms. The number of anilines is 3. The molecule has 0 radical (unpaired) electrons. The van der Waals surface area contributed by atoms with E-state index in [9.17, 15) is 4.79 Å². The van der Waals surface area contributed by atoms with Gasteiger partial charge in [0.15, 0.2) is 0 Å². The van der Waals surface area contributed by atoms with Crippen LogP contribution in [-0.2, 0) is 4.79 Å². The van der Waals surface area contributed by atoms with E-state index in [0.29, 0.717) is 5.75 Å². The summed E-state index contributed by atoms with van der Waals surface area (Å²) in [6, 6.07) is 16.2. The minimum absolute atomic E-state index is 0.0415. The largest absolute Gasteiger partial charge is 0.497 e. The smallest absolute Gasteiger partial charge is 0.234 e. The highest BCUT2D eigenvalue weighted by atomic mass is 32.2. The normalized spacial score (nSPS) is 13.7. The third-order valence-corrected chi connectivity index (χ3v) is 6.60. The van der Waals surface area contributed by atoms with Gasteiger partial charge in [0.2, 0.25) is 5.91 Å². The Morgan fingerprint density at radius 1 is 1.00 bits per heavy atom. The van der Waals surface area contributed by atoms with Gasteiger partial charge in [-0.2, -0.15) is 0 Å². The van der Waals surface area contributed by atoms with Gasteiger partial charge in [0.1, 0.15) is 22.9 Å². The molecule has 0 saturated carbocycles. The number of hydrogen-bond acceptors (Lipinski definition) is 7. The number of methoxy groups -OCH3 is 1. The van der Waals surface area contributed by atoms with Gasteiger partial charge < -0.3 is 19.9 Å². The molecule has 33 heavy (non-hydrogen) atoms. The number of carbonyl (C=O) groups excluding carboxylic acids is 1. The van der Waals surface area contributed by atoms with Crippen molar-refractivity contribution in [1.29, 1.82) is 0 Å². The predicted molar refractivity (Wildman–Crippen MR) is 135 cm³/mol. The van der Waals surface area contributed by atoms with Crippen molar-refractivity contribution < 1.29 is 9.53 Å². The van der Waals surface area contributed by atoms with E-state index in [1.54, 1.807) is 13.4 Å². The molecule has 0 unspecified atom stereocenters. The van der Waals surface area contributed by atoms with Crippen LogP contribution < -0.4 is 19.9 Å². The quantitative estimate of drug-likeness (QED) is 0.417. The second-order valence-corrected chi connectivity index (χ2v) is 9.04. The van der Waals surface area contributed by atoms with E-state index in [0.717, 1.165) is 54.0 Å². The van der Waals surface area contributed by atoms with Gasteiger partial charge in [0, 0.05) is 43.6 Å². The van der Waals surface area contributed by atoms with Gasteiger partial charge >= 0.3 is 0 Å². The third-order valence-electron chi connectivity index (χ3n) is 5.68. The molecule has 2 aromatic carbocycles. The fourth-order valence-corrected chi connectivity index (χ4v) is 4.51. The minimum atomic E-state index is -0.0415. The molecule has 1 aliphatic rings. The Balaban J connectivity index is 1.30. The van der Waals surface area contributed by atoms with E-state index in [1.807, 2.05) is 44.2 Å². The van der Waals surface area contributed by atoms with E-state index >= 15 is 0 Å². The molecule has 1 aromatic heterocycles.